The number of rotatable bonds is 5. The van der Waals surface area contributed by atoms with Crippen molar-refractivity contribution in [3.63, 3.8) is 0 Å². The van der Waals surface area contributed by atoms with Gasteiger partial charge in [0.05, 0.1) is 6.10 Å². The van der Waals surface area contributed by atoms with Crippen LogP contribution in [0.25, 0.3) is 0 Å². The molecule has 2 N–H and O–H groups in total. The Kier molecular flexibility index (Phi) is 6.26. The molecular formula is C17H25N3O3. The third-order valence-electron chi connectivity index (χ3n) is 3.85. The molecule has 0 aliphatic carbocycles. The molecule has 1 fully saturated rings. The first-order valence-electron chi connectivity index (χ1n) is 8.13. The van der Waals surface area contributed by atoms with Crippen LogP contribution in [-0.2, 0) is 11.3 Å². The first-order valence-corrected chi connectivity index (χ1v) is 8.13. The topological polar surface area (TPSA) is 70.7 Å². The molecular weight excluding hydrogens is 294 g/mol. The van der Waals surface area contributed by atoms with Crippen LogP contribution < -0.4 is 15.4 Å². The van der Waals surface area contributed by atoms with Gasteiger partial charge in [-0.25, -0.2) is 4.79 Å². The van der Waals surface area contributed by atoms with Gasteiger partial charge in [0.25, 0.3) is 0 Å². The number of nitrogens with zero attached hydrogens (tertiary/aromatic N) is 1. The summed E-state index contributed by atoms with van der Waals surface area (Å²) in [5.41, 5.74) is 0.989. The van der Waals surface area contributed by atoms with Gasteiger partial charge in [0.2, 0.25) is 5.91 Å². The quantitative estimate of drug-likeness (QED) is 0.871. The maximum Gasteiger partial charge on any atom is 0.317 e. The van der Waals surface area contributed by atoms with Gasteiger partial charge < -0.3 is 20.3 Å². The Hall–Kier alpha value is -2.24. The lowest BCUT2D eigenvalue weighted by Gasteiger charge is -2.20. The average molecular weight is 319 g/mol. The molecule has 0 unspecified atom stereocenters. The number of carbonyl (C=O) groups excluding carboxylic acids is 2. The van der Waals surface area contributed by atoms with Gasteiger partial charge >= 0.3 is 6.03 Å². The van der Waals surface area contributed by atoms with Crippen LogP contribution in [0.5, 0.6) is 5.75 Å². The number of ether oxygens (including phenoxy) is 1. The van der Waals surface area contributed by atoms with Crippen molar-refractivity contribution in [1.82, 2.24) is 15.5 Å². The molecule has 0 spiro atoms. The molecule has 0 radical (unpaired) electrons. The Morgan fingerprint density at radius 1 is 1.43 bits per heavy atom. The van der Waals surface area contributed by atoms with Crippen molar-refractivity contribution < 1.29 is 14.3 Å². The summed E-state index contributed by atoms with van der Waals surface area (Å²) in [6.45, 7) is 6.04. The monoisotopic (exact) mass is 319 g/mol. The molecule has 0 bridgehead atoms. The summed E-state index contributed by atoms with van der Waals surface area (Å²) >= 11 is 0. The second-order valence-electron chi connectivity index (χ2n) is 5.73. The fourth-order valence-corrected chi connectivity index (χ4v) is 2.30. The third kappa shape index (κ3) is 5.47. The van der Waals surface area contributed by atoms with Crippen molar-refractivity contribution in [2.45, 2.75) is 39.3 Å². The van der Waals surface area contributed by atoms with Gasteiger partial charge in [-0.3, -0.25) is 4.79 Å². The average Bonchev–Trinajstić information content (AvgIpc) is 2.77. The van der Waals surface area contributed by atoms with Crippen molar-refractivity contribution in [1.29, 1.82) is 0 Å². The number of hydrogen-bond donors (Lipinski definition) is 2. The van der Waals surface area contributed by atoms with E-state index in [2.05, 4.69) is 17.6 Å². The van der Waals surface area contributed by atoms with Crippen molar-refractivity contribution >= 4 is 11.9 Å². The summed E-state index contributed by atoms with van der Waals surface area (Å²) in [6.07, 6.45) is 1.47. The molecule has 1 aromatic rings. The first-order chi connectivity index (χ1) is 11.1. The SMILES string of the molecule is CC[C@@H](C)Oc1cccc(CNC(=O)N2CCNC(=O)CC2)c1. The molecule has 1 heterocycles. The predicted octanol–water partition coefficient (Wildman–Crippen LogP) is 1.90. The zero-order valence-electron chi connectivity index (χ0n) is 13.8. The molecule has 6 heteroatoms. The maximum absolute atomic E-state index is 12.2. The number of hydrogen-bond acceptors (Lipinski definition) is 3. The summed E-state index contributed by atoms with van der Waals surface area (Å²) in [4.78, 5) is 25.1. The van der Waals surface area contributed by atoms with Crippen LogP contribution >= 0.6 is 0 Å². The van der Waals surface area contributed by atoms with Gasteiger partial charge in [-0.2, -0.15) is 0 Å². The molecule has 23 heavy (non-hydrogen) atoms. The van der Waals surface area contributed by atoms with E-state index in [-0.39, 0.29) is 18.0 Å². The van der Waals surface area contributed by atoms with E-state index in [1.54, 1.807) is 4.90 Å². The first kappa shape index (κ1) is 17.1. The highest BCUT2D eigenvalue weighted by molar-refractivity contribution is 5.79. The molecule has 2 rings (SSSR count). The summed E-state index contributed by atoms with van der Waals surface area (Å²) in [6, 6.07) is 7.60. The third-order valence-corrected chi connectivity index (χ3v) is 3.85. The summed E-state index contributed by atoms with van der Waals surface area (Å²) < 4.78 is 5.79. The molecule has 1 aliphatic heterocycles. The maximum atomic E-state index is 12.2. The number of carbonyl (C=O) groups is 2. The molecule has 3 amide bonds. The highest BCUT2D eigenvalue weighted by Crippen LogP contribution is 2.15. The van der Waals surface area contributed by atoms with E-state index >= 15 is 0 Å². The fraction of sp³-hybridized carbons (Fsp3) is 0.529. The van der Waals surface area contributed by atoms with Crippen LogP contribution in [0.3, 0.4) is 0 Å². The smallest absolute Gasteiger partial charge is 0.317 e. The summed E-state index contributed by atoms with van der Waals surface area (Å²) in [7, 11) is 0. The number of nitrogens with one attached hydrogen (secondary N) is 2. The van der Waals surface area contributed by atoms with Gasteiger partial charge in [-0.1, -0.05) is 19.1 Å². The zero-order valence-corrected chi connectivity index (χ0v) is 13.8. The Balaban J connectivity index is 1.86. The Morgan fingerprint density at radius 2 is 2.26 bits per heavy atom. The lowest BCUT2D eigenvalue weighted by molar-refractivity contribution is -0.120. The minimum absolute atomic E-state index is 0.00445. The number of benzene rings is 1. The molecule has 0 aromatic heterocycles. The second-order valence-corrected chi connectivity index (χ2v) is 5.73. The minimum Gasteiger partial charge on any atom is -0.491 e. The van der Waals surface area contributed by atoms with Crippen LogP contribution in [0.15, 0.2) is 24.3 Å². The molecule has 6 nitrogen and oxygen atoms in total. The Morgan fingerprint density at radius 3 is 3.04 bits per heavy atom. The van der Waals surface area contributed by atoms with E-state index in [1.165, 1.54) is 0 Å². The van der Waals surface area contributed by atoms with E-state index in [4.69, 9.17) is 4.74 Å². The highest BCUT2D eigenvalue weighted by Gasteiger charge is 2.17. The normalized spacial score (nSPS) is 16.3. The molecule has 1 aliphatic rings. The number of urea groups is 1. The lowest BCUT2D eigenvalue weighted by Crippen LogP contribution is -2.41. The standard InChI is InChI=1S/C17H25N3O3/c1-3-13(2)23-15-6-4-5-14(11-15)12-19-17(22)20-9-7-16(21)18-8-10-20/h4-6,11,13H,3,7-10,12H2,1-2H3,(H,18,21)(H,19,22)/t13-/m1/s1. The van der Waals surface area contributed by atoms with E-state index < -0.39 is 0 Å². The van der Waals surface area contributed by atoms with Gasteiger partial charge in [-0.15, -0.1) is 0 Å². The van der Waals surface area contributed by atoms with Crippen molar-refractivity contribution in [2.75, 3.05) is 19.6 Å². The van der Waals surface area contributed by atoms with Crippen LogP contribution in [0.2, 0.25) is 0 Å². The van der Waals surface area contributed by atoms with Crippen molar-refractivity contribution in [3.05, 3.63) is 29.8 Å². The molecule has 126 valence electrons. The van der Waals surface area contributed by atoms with Crippen LogP contribution in [0.4, 0.5) is 4.79 Å². The Labute approximate surface area is 137 Å². The van der Waals surface area contributed by atoms with Crippen LogP contribution in [0, 0.1) is 0 Å². The minimum atomic E-state index is -0.144. The molecule has 1 saturated heterocycles. The van der Waals surface area contributed by atoms with Gasteiger partial charge in [0, 0.05) is 32.6 Å². The van der Waals surface area contributed by atoms with Crippen molar-refractivity contribution in [3.8, 4) is 5.75 Å². The largest absolute Gasteiger partial charge is 0.491 e. The van der Waals surface area contributed by atoms with Crippen molar-refractivity contribution in [2.24, 2.45) is 0 Å². The van der Waals surface area contributed by atoms with Gasteiger partial charge in [-0.05, 0) is 31.0 Å². The predicted molar refractivity (Wildman–Crippen MR) is 88.3 cm³/mol. The summed E-state index contributed by atoms with van der Waals surface area (Å²) in [5.74, 6) is 0.811. The molecule has 1 aromatic carbocycles. The zero-order chi connectivity index (χ0) is 16.7. The summed E-state index contributed by atoms with van der Waals surface area (Å²) in [5, 5.41) is 5.66. The van der Waals surface area contributed by atoms with E-state index in [9.17, 15) is 9.59 Å². The second kappa shape index (κ2) is 8.41. The Bertz CT molecular complexity index is 548. The molecule has 0 saturated carbocycles. The van der Waals surface area contributed by atoms with E-state index in [1.807, 2.05) is 31.2 Å². The van der Waals surface area contributed by atoms with E-state index in [0.29, 0.717) is 32.6 Å². The van der Waals surface area contributed by atoms with E-state index in [0.717, 1.165) is 17.7 Å². The van der Waals surface area contributed by atoms with Crippen LogP contribution in [0.1, 0.15) is 32.3 Å². The van der Waals surface area contributed by atoms with Gasteiger partial charge in [0.15, 0.2) is 0 Å². The highest BCUT2D eigenvalue weighted by atomic mass is 16.5. The van der Waals surface area contributed by atoms with Crippen LogP contribution in [-0.4, -0.2) is 42.6 Å². The molecule has 1 atom stereocenters. The lowest BCUT2D eigenvalue weighted by atomic mass is 10.2. The van der Waals surface area contributed by atoms with Gasteiger partial charge in [0.1, 0.15) is 5.75 Å². The number of amides is 3. The fourth-order valence-electron chi connectivity index (χ4n) is 2.30.